The zero-order valence-electron chi connectivity index (χ0n) is 5.93. The van der Waals surface area contributed by atoms with Gasteiger partial charge < -0.3 is 0 Å². The zero-order chi connectivity index (χ0) is 7.70. The van der Waals surface area contributed by atoms with Gasteiger partial charge in [-0.2, -0.15) is 12.6 Å². The molecular formula is C8H14S. The lowest BCUT2D eigenvalue weighted by molar-refractivity contribution is 1.51. The third-order valence-electron chi connectivity index (χ3n) is 0.816. The SMILES string of the molecule is C=C.C=C/C(=C\C)CS. The van der Waals surface area contributed by atoms with Crippen LogP contribution in [0.5, 0.6) is 0 Å². The minimum absolute atomic E-state index is 0.792. The summed E-state index contributed by atoms with van der Waals surface area (Å²) in [5, 5.41) is 0. The molecule has 0 nitrogen and oxygen atoms in total. The maximum absolute atomic E-state index is 4.04. The molecule has 0 aliphatic carbocycles. The van der Waals surface area contributed by atoms with Crippen molar-refractivity contribution in [3.05, 3.63) is 37.5 Å². The van der Waals surface area contributed by atoms with Gasteiger partial charge in [-0.05, 0) is 12.5 Å². The van der Waals surface area contributed by atoms with E-state index in [-0.39, 0.29) is 0 Å². The molecule has 0 fully saturated rings. The van der Waals surface area contributed by atoms with Gasteiger partial charge in [-0.25, -0.2) is 0 Å². The van der Waals surface area contributed by atoms with Crippen molar-refractivity contribution in [1.29, 1.82) is 0 Å². The van der Waals surface area contributed by atoms with E-state index in [4.69, 9.17) is 0 Å². The summed E-state index contributed by atoms with van der Waals surface area (Å²) in [5.41, 5.74) is 1.18. The Labute approximate surface area is 63.4 Å². The average Bonchev–Trinajstić information content (AvgIpc) is 1.96. The van der Waals surface area contributed by atoms with Crippen LogP contribution in [0, 0.1) is 0 Å². The van der Waals surface area contributed by atoms with E-state index in [1.807, 2.05) is 19.1 Å². The van der Waals surface area contributed by atoms with Crippen molar-refractivity contribution < 1.29 is 0 Å². The minimum Gasteiger partial charge on any atom is -0.175 e. The molecular weight excluding hydrogens is 128 g/mol. The third-order valence-corrected chi connectivity index (χ3v) is 1.18. The van der Waals surface area contributed by atoms with Crippen molar-refractivity contribution in [2.75, 3.05) is 5.75 Å². The number of thiol groups is 1. The summed E-state index contributed by atoms with van der Waals surface area (Å²) in [6.07, 6.45) is 3.81. The molecule has 9 heavy (non-hydrogen) atoms. The third kappa shape index (κ3) is 7.57. The minimum atomic E-state index is 0.792. The van der Waals surface area contributed by atoms with Gasteiger partial charge in [-0.3, -0.25) is 0 Å². The van der Waals surface area contributed by atoms with Crippen LogP contribution in [-0.2, 0) is 0 Å². The molecule has 0 spiro atoms. The van der Waals surface area contributed by atoms with E-state index in [0.29, 0.717) is 0 Å². The monoisotopic (exact) mass is 142 g/mol. The summed E-state index contributed by atoms with van der Waals surface area (Å²) in [7, 11) is 0. The highest BCUT2D eigenvalue weighted by Gasteiger charge is 1.78. The van der Waals surface area contributed by atoms with Gasteiger partial charge in [0.1, 0.15) is 0 Å². The Morgan fingerprint density at radius 2 is 2.00 bits per heavy atom. The van der Waals surface area contributed by atoms with Crippen LogP contribution in [0.4, 0.5) is 0 Å². The number of hydrogen-bond donors (Lipinski definition) is 1. The van der Waals surface area contributed by atoms with Crippen molar-refractivity contribution in [2.24, 2.45) is 0 Å². The topological polar surface area (TPSA) is 0 Å². The van der Waals surface area contributed by atoms with Gasteiger partial charge in [0.2, 0.25) is 0 Å². The standard InChI is InChI=1S/C6H10S.C2H4/c1-3-6(4-2)5-7;1-2/h3-4,7H,1,5H2,2H3;1-2H2/b6-4+;. The Morgan fingerprint density at radius 3 is 2.00 bits per heavy atom. The first-order chi connectivity index (χ1) is 4.35. The van der Waals surface area contributed by atoms with Crippen LogP contribution in [0.3, 0.4) is 0 Å². The zero-order valence-corrected chi connectivity index (χ0v) is 6.82. The maximum Gasteiger partial charge on any atom is 0.0150 e. The molecule has 0 atom stereocenters. The highest BCUT2D eigenvalue weighted by molar-refractivity contribution is 7.80. The summed E-state index contributed by atoms with van der Waals surface area (Å²) in [4.78, 5) is 0. The van der Waals surface area contributed by atoms with Gasteiger partial charge in [0, 0.05) is 5.75 Å². The highest BCUT2D eigenvalue weighted by atomic mass is 32.1. The second-order valence-corrected chi connectivity index (χ2v) is 1.54. The lowest BCUT2D eigenvalue weighted by atomic mass is 10.3. The van der Waals surface area contributed by atoms with Crippen molar-refractivity contribution in [3.8, 4) is 0 Å². The molecule has 0 unspecified atom stereocenters. The quantitative estimate of drug-likeness (QED) is 0.342. The summed E-state index contributed by atoms with van der Waals surface area (Å²) in [5.74, 6) is 0.792. The van der Waals surface area contributed by atoms with Crippen LogP contribution >= 0.6 is 12.6 Å². The van der Waals surface area contributed by atoms with Crippen LogP contribution in [0.25, 0.3) is 0 Å². The van der Waals surface area contributed by atoms with E-state index in [0.717, 1.165) is 5.75 Å². The molecule has 52 valence electrons. The average molecular weight is 142 g/mol. The lowest BCUT2D eigenvalue weighted by Gasteiger charge is -1.87. The second kappa shape index (κ2) is 10.5. The van der Waals surface area contributed by atoms with E-state index >= 15 is 0 Å². The Kier molecular flexibility index (Phi) is 13.3. The summed E-state index contributed by atoms with van der Waals surface area (Å²) >= 11 is 4.04. The summed E-state index contributed by atoms with van der Waals surface area (Å²) < 4.78 is 0. The van der Waals surface area contributed by atoms with Crippen LogP contribution in [-0.4, -0.2) is 5.75 Å². The van der Waals surface area contributed by atoms with Gasteiger partial charge in [-0.1, -0.05) is 18.7 Å². The Hall–Kier alpha value is -0.430. The summed E-state index contributed by atoms with van der Waals surface area (Å²) in [6.45, 7) is 11.6. The first-order valence-corrected chi connectivity index (χ1v) is 3.37. The van der Waals surface area contributed by atoms with E-state index in [1.165, 1.54) is 5.57 Å². The molecule has 0 rings (SSSR count). The molecule has 0 saturated carbocycles. The van der Waals surface area contributed by atoms with Gasteiger partial charge in [0.25, 0.3) is 0 Å². The molecule has 0 radical (unpaired) electrons. The molecule has 0 N–H and O–H groups in total. The number of rotatable bonds is 2. The molecule has 0 aromatic carbocycles. The largest absolute Gasteiger partial charge is 0.175 e. The normalized spacial score (nSPS) is 9.33. The first-order valence-electron chi connectivity index (χ1n) is 2.73. The molecule has 1 heteroatoms. The van der Waals surface area contributed by atoms with E-state index in [2.05, 4.69) is 32.4 Å². The molecule has 0 aliphatic heterocycles. The van der Waals surface area contributed by atoms with E-state index < -0.39 is 0 Å². The molecule has 0 aliphatic rings. The van der Waals surface area contributed by atoms with Gasteiger partial charge in [0.05, 0.1) is 0 Å². The maximum atomic E-state index is 4.04. The van der Waals surface area contributed by atoms with Crippen molar-refractivity contribution in [1.82, 2.24) is 0 Å². The van der Waals surface area contributed by atoms with Crippen LogP contribution in [0.2, 0.25) is 0 Å². The van der Waals surface area contributed by atoms with Crippen molar-refractivity contribution in [3.63, 3.8) is 0 Å². The molecule has 0 bridgehead atoms. The van der Waals surface area contributed by atoms with E-state index in [9.17, 15) is 0 Å². The fourth-order valence-corrected chi connectivity index (χ4v) is 0.585. The van der Waals surface area contributed by atoms with E-state index in [1.54, 1.807) is 0 Å². The van der Waals surface area contributed by atoms with Crippen molar-refractivity contribution in [2.45, 2.75) is 6.92 Å². The molecule has 0 aromatic rings. The summed E-state index contributed by atoms with van der Waals surface area (Å²) in [6, 6.07) is 0. The molecule has 0 saturated heterocycles. The Bertz CT molecular complexity index is 92.7. The number of allylic oxidation sites excluding steroid dienone is 2. The van der Waals surface area contributed by atoms with Crippen molar-refractivity contribution >= 4 is 12.6 Å². The predicted octanol–water partition coefficient (Wildman–Crippen LogP) is 2.85. The number of hydrogen-bond acceptors (Lipinski definition) is 1. The fraction of sp³-hybridized carbons (Fsp3) is 0.250. The van der Waals surface area contributed by atoms with Gasteiger partial charge >= 0.3 is 0 Å². The van der Waals surface area contributed by atoms with Crippen LogP contribution in [0.1, 0.15) is 6.92 Å². The fourth-order valence-electron chi connectivity index (χ4n) is 0.274. The first kappa shape index (κ1) is 11.4. The predicted molar refractivity (Wildman–Crippen MR) is 49.1 cm³/mol. The van der Waals surface area contributed by atoms with Gasteiger partial charge in [0.15, 0.2) is 0 Å². The second-order valence-electron chi connectivity index (χ2n) is 1.23. The smallest absolute Gasteiger partial charge is 0.0150 e. The molecule has 0 amide bonds. The van der Waals surface area contributed by atoms with Gasteiger partial charge in [-0.15, -0.1) is 13.2 Å². The Morgan fingerprint density at radius 1 is 1.56 bits per heavy atom. The van der Waals surface area contributed by atoms with Crippen LogP contribution < -0.4 is 0 Å². The molecule has 0 aromatic heterocycles. The highest BCUT2D eigenvalue weighted by Crippen LogP contribution is 1.95. The lowest BCUT2D eigenvalue weighted by Crippen LogP contribution is -1.73. The molecule has 0 heterocycles. The Balaban J connectivity index is 0. The van der Waals surface area contributed by atoms with Crippen LogP contribution in [0.15, 0.2) is 37.5 Å².